The van der Waals surface area contributed by atoms with Crippen molar-refractivity contribution in [3.05, 3.63) is 94.6 Å². The number of para-hydroxylation sites is 1. The van der Waals surface area contributed by atoms with E-state index in [1.807, 2.05) is 60.7 Å². The van der Waals surface area contributed by atoms with E-state index < -0.39 is 17.6 Å². The van der Waals surface area contributed by atoms with Gasteiger partial charge in [-0.15, -0.1) is 0 Å². The number of ether oxygens (including phenoxy) is 2. The van der Waals surface area contributed by atoms with Crippen molar-refractivity contribution in [3.63, 3.8) is 0 Å². The average molecular weight is 521 g/mol. The topological polar surface area (TPSA) is 95.0 Å². The molecule has 37 heavy (non-hydrogen) atoms. The number of aromatic nitrogens is 1. The van der Waals surface area contributed by atoms with Crippen molar-refractivity contribution in [3.8, 4) is 11.5 Å². The molecule has 0 aliphatic carbocycles. The van der Waals surface area contributed by atoms with Crippen molar-refractivity contribution in [1.82, 2.24) is 9.88 Å². The van der Waals surface area contributed by atoms with E-state index in [1.54, 1.807) is 24.0 Å². The number of H-pyrrole nitrogens is 1. The fourth-order valence-electron chi connectivity index (χ4n) is 4.60. The third-order valence-corrected chi connectivity index (χ3v) is 7.05. The third kappa shape index (κ3) is 5.16. The maximum absolute atomic E-state index is 13.4. The number of hydrogen-bond acceptors (Lipinski definition) is 5. The van der Waals surface area contributed by atoms with Crippen molar-refractivity contribution in [1.29, 1.82) is 0 Å². The number of carbonyl (C=O) groups is 1. The van der Waals surface area contributed by atoms with Gasteiger partial charge in [-0.1, -0.05) is 48.9 Å². The minimum Gasteiger partial charge on any atom is -0.493 e. The Morgan fingerprint density at radius 2 is 1.78 bits per heavy atom. The molecule has 1 aromatic heterocycles. The molecule has 8 heteroatoms. The molecular weight excluding hydrogens is 492 g/mol. The molecule has 0 saturated carbocycles. The number of aromatic amines is 1. The maximum atomic E-state index is 13.4. The molecule has 0 bridgehead atoms. The lowest BCUT2D eigenvalue weighted by atomic mass is 9.92. The molecule has 1 unspecified atom stereocenters. The maximum Gasteiger partial charge on any atom is 0.416 e. The van der Waals surface area contributed by atoms with Crippen LogP contribution >= 0.6 is 11.6 Å². The monoisotopic (exact) mass is 520 g/mol. The first-order chi connectivity index (χ1) is 17.9. The van der Waals surface area contributed by atoms with E-state index in [0.717, 1.165) is 27.7 Å². The Hall–Kier alpha value is -3.52. The number of benzene rings is 3. The summed E-state index contributed by atoms with van der Waals surface area (Å²) in [5, 5.41) is 20.8. The molecule has 4 aromatic rings. The number of halogens is 1. The van der Waals surface area contributed by atoms with E-state index in [0.29, 0.717) is 29.5 Å². The Kier molecular flexibility index (Phi) is 7.11. The van der Waals surface area contributed by atoms with Gasteiger partial charge in [0.2, 0.25) is 0 Å². The molecule has 0 spiro atoms. The van der Waals surface area contributed by atoms with Crippen LogP contribution in [-0.4, -0.2) is 52.6 Å². The van der Waals surface area contributed by atoms with Crippen LogP contribution in [0.5, 0.6) is 11.5 Å². The normalized spacial score (nSPS) is 15.5. The predicted molar refractivity (Wildman–Crippen MR) is 142 cm³/mol. The van der Waals surface area contributed by atoms with Gasteiger partial charge in [0.05, 0.1) is 19.8 Å². The lowest BCUT2D eigenvalue weighted by Crippen LogP contribution is -2.42. The molecule has 1 atom stereocenters. The SMILES string of the molecule is CC(CO)(CO)COc1ccc(C2c3[nH]c4ccc(Cl)cc4c3CCN2C(=O)Oc2ccccc2)cc1. The van der Waals surface area contributed by atoms with Crippen LogP contribution in [0.1, 0.15) is 29.8 Å². The van der Waals surface area contributed by atoms with Crippen molar-refractivity contribution in [2.75, 3.05) is 26.4 Å². The van der Waals surface area contributed by atoms with Gasteiger partial charge >= 0.3 is 6.09 Å². The van der Waals surface area contributed by atoms with Crippen LogP contribution in [0, 0.1) is 5.41 Å². The highest BCUT2D eigenvalue weighted by Gasteiger charge is 2.36. The smallest absolute Gasteiger partial charge is 0.416 e. The first-order valence-corrected chi connectivity index (χ1v) is 12.6. The summed E-state index contributed by atoms with van der Waals surface area (Å²) in [5.74, 6) is 1.09. The van der Waals surface area contributed by atoms with Gasteiger partial charge in [-0.05, 0) is 60.0 Å². The third-order valence-electron chi connectivity index (χ3n) is 6.82. The number of carbonyl (C=O) groups excluding carboxylic acids is 1. The summed E-state index contributed by atoms with van der Waals surface area (Å²) in [7, 11) is 0. The van der Waals surface area contributed by atoms with E-state index in [2.05, 4.69) is 4.98 Å². The molecule has 7 nitrogen and oxygen atoms in total. The first-order valence-electron chi connectivity index (χ1n) is 12.2. The van der Waals surface area contributed by atoms with Crippen LogP contribution in [-0.2, 0) is 6.42 Å². The quantitative estimate of drug-likeness (QED) is 0.306. The van der Waals surface area contributed by atoms with Gasteiger partial charge in [0.25, 0.3) is 0 Å². The Balaban J connectivity index is 1.48. The Labute approximate surface area is 220 Å². The summed E-state index contributed by atoms with van der Waals surface area (Å²) in [6.07, 6.45) is 0.235. The fraction of sp³-hybridized carbons (Fsp3) is 0.276. The summed E-state index contributed by atoms with van der Waals surface area (Å²) in [6, 6.07) is 21.9. The highest BCUT2D eigenvalue weighted by atomic mass is 35.5. The van der Waals surface area contributed by atoms with Crippen LogP contribution in [0.25, 0.3) is 10.9 Å². The zero-order valence-electron chi connectivity index (χ0n) is 20.5. The van der Waals surface area contributed by atoms with Gasteiger partial charge in [0.1, 0.15) is 17.5 Å². The summed E-state index contributed by atoms with van der Waals surface area (Å²) in [4.78, 5) is 18.6. The molecule has 3 N–H and O–H groups in total. The summed E-state index contributed by atoms with van der Waals surface area (Å²) >= 11 is 6.30. The molecule has 1 amide bonds. The number of nitrogens with one attached hydrogen (secondary N) is 1. The highest BCUT2D eigenvalue weighted by molar-refractivity contribution is 6.31. The number of aliphatic hydroxyl groups is 2. The minimum atomic E-state index is -0.736. The standard InChI is InChI=1S/C29H29ClN2O5/c1-29(16-33,17-34)18-36-21-10-7-19(8-11-21)27-26-23(24-15-20(30)9-12-25(24)31-26)13-14-32(27)28(35)37-22-5-3-2-4-6-22/h2-12,15,27,31,33-34H,13-14,16-18H2,1H3. The second kappa shape index (κ2) is 10.5. The van der Waals surface area contributed by atoms with Crippen molar-refractivity contribution in [2.45, 2.75) is 19.4 Å². The van der Waals surface area contributed by atoms with Crippen LogP contribution in [0.15, 0.2) is 72.8 Å². The Morgan fingerprint density at radius 3 is 2.49 bits per heavy atom. The lowest BCUT2D eigenvalue weighted by molar-refractivity contribution is 0.0287. The molecule has 1 aliphatic rings. The minimum absolute atomic E-state index is 0.172. The molecular formula is C29H29ClN2O5. The summed E-state index contributed by atoms with van der Waals surface area (Å²) < 4.78 is 11.5. The van der Waals surface area contributed by atoms with Crippen LogP contribution in [0.4, 0.5) is 4.79 Å². The van der Waals surface area contributed by atoms with E-state index in [1.165, 1.54) is 0 Å². The van der Waals surface area contributed by atoms with Gasteiger partial charge in [0.15, 0.2) is 0 Å². The van der Waals surface area contributed by atoms with Gasteiger partial charge in [-0.3, -0.25) is 4.90 Å². The number of rotatable bonds is 7. The Morgan fingerprint density at radius 1 is 1.05 bits per heavy atom. The zero-order chi connectivity index (χ0) is 26.0. The zero-order valence-corrected chi connectivity index (χ0v) is 21.2. The van der Waals surface area contributed by atoms with Crippen molar-refractivity contribution in [2.24, 2.45) is 5.41 Å². The van der Waals surface area contributed by atoms with E-state index in [4.69, 9.17) is 21.1 Å². The Bertz CT molecular complexity index is 1380. The lowest BCUT2D eigenvalue weighted by Gasteiger charge is -2.35. The van der Waals surface area contributed by atoms with E-state index >= 15 is 0 Å². The first kappa shape index (κ1) is 25.1. The molecule has 0 radical (unpaired) electrons. The van der Waals surface area contributed by atoms with Gasteiger partial charge < -0.3 is 24.7 Å². The molecule has 0 saturated heterocycles. The second-order valence-electron chi connectivity index (χ2n) is 9.72. The molecule has 0 fully saturated rings. The number of aliphatic hydroxyl groups excluding tert-OH is 2. The number of fused-ring (bicyclic) bond motifs is 3. The van der Waals surface area contributed by atoms with Gasteiger partial charge in [-0.2, -0.15) is 0 Å². The molecule has 2 heterocycles. The van der Waals surface area contributed by atoms with Crippen molar-refractivity contribution >= 4 is 28.6 Å². The van der Waals surface area contributed by atoms with Crippen LogP contribution in [0.2, 0.25) is 5.02 Å². The number of hydrogen-bond donors (Lipinski definition) is 3. The molecule has 1 aliphatic heterocycles. The van der Waals surface area contributed by atoms with Gasteiger partial charge in [0, 0.05) is 33.6 Å². The van der Waals surface area contributed by atoms with E-state index in [9.17, 15) is 15.0 Å². The average Bonchev–Trinajstić information content (AvgIpc) is 3.30. The highest BCUT2D eigenvalue weighted by Crippen LogP contribution is 2.40. The van der Waals surface area contributed by atoms with Crippen molar-refractivity contribution < 1.29 is 24.5 Å². The van der Waals surface area contributed by atoms with E-state index in [-0.39, 0.29) is 19.8 Å². The van der Waals surface area contributed by atoms with Crippen LogP contribution in [0.3, 0.4) is 0 Å². The number of amides is 1. The largest absolute Gasteiger partial charge is 0.493 e. The summed E-state index contributed by atoms with van der Waals surface area (Å²) in [5.41, 5.74) is 3.18. The summed E-state index contributed by atoms with van der Waals surface area (Å²) in [6.45, 7) is 2.03. The van der Waals surface area contributed by atoms with Crippen LogP contribution < -0.4 is 9.47 Å². The van der Waals surface area contributed by atoms with Gasteiger partial charge in [-0.25, -0.2) is 4.79 Å². The predicted octanol–water partition coefficient (Wildman–Crippen LogP) is 5.34. The molecule has 3 aromatic carbocycles. The number of nitrogens with zero attached hydrogens (tertiary/aromatic N) is 1. The second-order valence-corrected chi connectivity index (χ2v) is 10.2. The molecule has 192 valence electrons. The fourth-order valence-corrected chi connectivity index (χ4v) is 4.77. The molecule has 5 rings (SSSR count).